The maximum absolute atomic E-state index is 8.89. The van der Waals surface area contributed by atoms with Crippen molar-refractivity contribution < 1.29 is 5.21 Å². The average molecular weight is 183 g/mol. The number of rotatable bonds is 4. The van der Waals surface area contributed by atoms with Crippen molar-refractivity contribution >= 4 is 5.71 Å². The maximum Gasteiger partial charge on any atom is 0.0601 e. The van der Waals surface area contributed by atoms with E-state index >= 15 is 0 Å². The molecule has 0 aliphatic heterocycles. The second-order valence-electron chi connectivity index (χ2n) is 4.03. The molecule has 0 spiro atoms. The van der Waals surface area contributed by atoms with Crippen molar-refractivity contribution in [3.63, 3.8) is 0 Å². The van der Waals surface area contributed by atoms with Gasteiger partial charge in [-0.3, -0.25) is 0 Å². The Morgan fingerprint density at radius 2 is 2.00 bits per heavy atom. The Morgan fingerprint density at radius 3 is 2.54 bits per heavy atom. The van der Waals surface area contributed by atoms with E-state index < -0.39 is 0 Å². The summed E-state index contributed by atoms with van der Waals surface area (Å²) in [6.45, 7) is 2.18. The van der Waals surface area contributed by atoms with Crippen molar-refractivity contribution in [1.82, 2.24) is 0 Å². The molecule has 1 saturated carbocycles. The van der Waals surface area contributed by atoms with Gasteiger partial charge in [0.2, 0.25) is 0 Å². The van der Waals surface area contributed by atoms with Gasteiger partial charge in [0, 0.05) is 5.92 Å². The van der Waals surface area contributed by atoms with Crippen LogP contribution in [0.15, 0.2) is 5.16 Å². The molecule has 2 nitrogen and oxygen atoms in total. The molecule has 0 radical (unpaired) electrons. The monoisotopic (exact) mass is 183 g/mol. The van der Waals surface area contributed by atoms with Crippen molar-refractivity contribution in [2.24, 2.45) is 11.1 Å². The van der Waals surface area contributed by atoms with Gasteiger partial charge in [0.1, 0.15) is 0 Å². The summed E-state index contributed by atoms with van der Waals surface area (Å²) in [7, 11) is 0. The van der Waals surface area contributed by atoms with E-state index in [1.54, 1.807) is 0 Å². The number of hydrogen-bond acceptors (Lipinski definition) is 2. The van der Waals surface area contributed by atoms with Crippen LogP contribution in [0.5, 0.6) is 0 Å². The molecule has 1 fully saturated rings. The summed E-state index contributed by atoms with van der Waals surface area (Å²) in [5.74, 6) is 0.588. The van der Waals surface area contributed by atoms with Crippen LogP contribution in [0.2, 0.25) is 0 Å². The van der Waals surface area contributed by atoms with E-state index in [9.17, 15) is 0 Å². The average Bonchev–Trinajstić information content (AvgIpc) is 2.21. The van der Waals surface area contributed by atoms with Crippen LogP contribution in [0.4, 0.5) is 0 Å². The first-order valence-corrected chi connectivity index (χ1v) is 5.59. The van der Waals surface area contributed by atoms with Crippen LogP contribution in [0.25, 0.3) is 0 Å². The first-order valence-electron chi connectivity index (χ1n) is 5.59. The smallest absolute Gasteiger partial charge is 0.0601 e. The van der Waals surface area contributed by atoms with E-state index in [-0.39, 0.29) is 0 Å². The third kappa shape index (κ3) is 3.37. The Labute approximate surface area is 81.0 Å². The highest BCUT2D eigenvalue weighted by Gasteiger charge is 2.18. The second kappa shape index (κ2) is 6.01. The number of oxime groups is 1. The Morgan fingerprint density at radius 1 is 1.31 bits per heavy atom. The van der Waals surface area contributed by atoms with Gasteiger partial charge in [0.15, 0.2) is 0 Å². The van der Waals surface area contributed by atoms with Crippen LogP contribution < -0.4 is 0 Å². The molecule has 0 aromatic heterocycles. The van der Waals surface area contributed by atoms with E-state index in [0.29, 0.717) is 5.92 Å². The summed E-state index contributed by atoms with van der Waals surface area (Å²) >= 11 is 0. The Kier molecular flexibility index (Phi) is 4.87. The summed E-state index contributed by atoms with van der Waals surface area (Å²) in [5, 5.41) is 12.4. The largest absolute Gasteiger partial charge is 0.411 e. The van der Waals surface area contributed by atoms with Gasteiger partial charge in [0.05, 0.1) is 5.71 Å². The summed E-state index contributed by atoms with van der Waals surface area (Å²) in [5.41, 5.74) is 1.06. The van der Waals surface area contributed by atoms with E-state index in [4.69, 9.17) is 5.21 Å². The third-order valence-corrected chi connectivity index (χ3v) is 2.99. The lowest BCUT2D eigenvalue weighted by Gasteiger charge is -2.22. The van der Waals surface area contributed by atoms with Crippen LogP contribution in [0.3, 0.4) is 0 Å². The lowest BCUT2D eigenvalue weighted by atomic mass is 9.84. The summed E-state index contributed by atoms with van der Waals surface area (Å²) in [4.78, 5) is 0. The molecule has 0 bridgehead atoms. The topological polar surface area (TPSA) is 32.6 Å². The fourth-order valence-corrected chi connectivity index (χ4v) is 2.13. The lowest BCUT2D eigenvalue weighted by molar-refractivity contribution is 0.307. The van der Waals surface area contributed by atoms with Crippen molar-refractivity contribution in [1.29, 1.82) is 0 Å². The molecule has 1 aliphatic carbocycles. The second-order valence-corrected chi connectivity index (χ2v) is 4.03. The predicted molar refractivity (Wildman–Crippen MR) is 55.3 cm³/mol. The molecule has 0 amide bonds. The highest BCUT2D eigenvalue weighted by atomic mass is 16.4. The molecule has 0 unspecified atom stereocenters. The zero-order chi connectivity index (χ0) is 9.52. The first kappa shape index (κ1) is 10.6. The predicted octanol–water partition coefficient (Wildman–Crippen LogP) is 3.59. The fourth-order valence-electron chi connectivity index (χ4n) is 2.13. The molecular formula is C11H21NO. The molecule has 0 saturated heterocycles. The molecule has 1 N–H and O–H groups in total. The minimum absolute atomic E-state index is 0.588. The Bertz CT molecular complexity index is 159. The zero-order valence-corrected chi connectivity index (χ0v) is 8.63. The van der Waals surface area contributed by atoms with E-state index in [1.807, 2.05) is 0 Å². The van der Waals surface area contributed by atoms with E-state index in [1.165, 1.54) is 38.5 Å². The van der Waals surface area contributed by atoms with Crippen molar-refractivity contribution in [2.45, 2.75) is 58.3 Å². The Balaban J connectivity index is 2.36. The molecule has 0 heterocycles. The van der Waals surface area contributed by atoms with Gasteiger partial charge in [-0.15, -0.1) is 0 Å². The van der Waals surface area contributed by atoms with Gasteiger partial charge in [-0.25, -0.2) is 0 Å². The van der Waals surface area contributed by atoms with Crippen molar-refractivity contribution in [3.8, 4) is 0 Å². The van der Waals surface area contributed by atoms with Gasteiger partial charge in [-0.1, -0.05) is 37.8 Å². The molecule has 0 aromatic carbocycles. The SMILES string of the molecule is CCCCC(=NO)C1CCCCC1. The highest BCUT2D eigenvalue weighted by molar-refractivity contribution is 5.86. The number of hydrogen-bond donors (Lipinski definition) is 1. The molecule has 2 heteroatoms. The van der Waals surface area contributed by atoms with Crippen LogP contribution in [-0.4, -0.2) is 10.9 Å². The minimum Gasteiger partial charge on any atom is -0.411 e. The lowest BCUT2D eigenvalue weighted by Crippen LogP contribution is -2.17. The zero-order valence-electron chi connectivity index (χ0n) is 8.63. The van der Waals surface area contributed by atoms with Crippen LogP contribution in [0, 0.1) is 5.92 Å². The molecule has 76 valence electrons. The van der Waals surface area contributed by atoms with Crippen LogP contribution in [-0.2, 0) is 0 Å². The van der Waals surface area contributed by atoms with Crippen molar-refractivity contribution in [2.75, 3.05) is 0 Å². The van der Waals surface area contributed by atoms with Crippen LogP contribution >= 0.6 is 0 Å². The van der Waals surface area contributed by atoms with E-state index in [0.717, 1.165) is 18.6 Å². The van der Waals surface area contributed by atoms with E-state index in [2.05, 4.69) is 12.1 Å². The number of unbranched alkanes of at least 4 members (excludes halogenated alkanes) is 1. The van der Waals surface area contributed by atoms with Crippen LogP contribution in [0.1, 0.15) is 58.3 Å². The summed E-state index contributed by atoms with van der Waals surface area (Å²) < 4.78 is 0. The normalized spacial score (nSPS) is 20.5. The fraction of sp³-hybridized carbons (Fsp3) is 0.909. The quantitative estimate of drug-likeness (QED) is 0.403. The molecule has 0 atom stereocenters. The van der Waals surface area contributed by atoms with Gasteiger partial charge in [-0.2, -0.15) is 0 Å². The molecular weight excluding hydrogens is 162 g/mol. The van der Waals surface area contributed by atoms with Gasteiger partial charge >= 0.3 is 0 Å². The highest BCUT2D eigenvalue weighted by Crippen LogP contribution is 2.26. The first-order chi connectivity index (χ1) is 6.38. The maximum atomic E-state index is 8.89. The minimum atomic E-state index is 0.588. The third-order valence-electron chi connectivity index (χ3n) is 2.99. The number of nitrogens with zero attached hydrogens (tertiary/aromatic N) is 1. The molecule has 0 aromatic rings. The molecule has 1 aliphatic rings. The summed E-state index contributed by atoms with van der Waals surface area (Å²) in [6.07, 6.45) is 9.82. The molecule has 1 rings (SSSR count). The molecule has 13 heavy (non-hydrogen) atoms. The van der Waals surface area contributed by atoms with Crippen molar-refractivity contribution in [3.05, 3.63) is 0 Å². The Hall–Kier alpha value is -0.530. The van der Waals surface area contributed by atoms with Gasteiger partial charge in [-0.05, 0) is 25.7 Å². The van der Waals surface area contributed by atoms with Gasteiger partial charge in [0.25, 0.3) is 0 Å². The summed E-state index contributed by atoms with van der Waals surface area (Å²) in [6, 6.07) is 0. The van der Waals surface area contributed by atoms with Gasteiger partial charge < -0.3 is 5.21 Å². The standard InChI is InChI=1S/C11H21NO/c1-2-3-9-11(12-13)10-7-5-4-6-8-10/h10,13H,2-9H2,1H3.